The molecule has 4 heterocycles. The van der Waals surface area contributed by atoms with E-state index in [1.165, 1.54) is 36.5 Å². The van der Waals surface area contributed by atoms with Gasteiger partial charge in [0.1, 0.15) is 11.2 Å². The van der Waals surface area contributed by atoms with Gasteiger partial charge in [0.15, 0.2) is 17.5 Å². The normalized spacial score (nSPS) is 11.9. The van der Waals surface area contributed by atoms with Gasteiger partial charge in [0, 0.05) is 70.2 Å². The number of benzene rings is 7. The van der Waals surface area contributed by atoms with Crippen molar-refractivity contribution >= 4 is 75.3 Å². The van der Waals surface area contributed by atoms with Crippen LogP contribution in [-0.2, 0) is 0 Å². The molecule has 11 aromatic rings. The van der Waals surface area contributed by atoms with Crippen molar-refractivity contribution < 1.29 is 4.42 Å². The summed E-state index contributed by atoms with van der Waals surface area (Å²) < 4.78 is 11.4. The molecule has 4 aromatic heterocycles. The fourth-order valence-electron chi connectivity index (χ4n) is 7.54. The Morgan fingerprint density at radius 2 is 1.12 bits per heavy atom. The molecule has 238 valence electrons. The summed E-state index contributed by atoms with van der Waals surface area (Å²) in [5.74, 6) is 1.88. The smallest absolute Gasteiger partial charge is 0.164 e. The minimum atomic E-state index is 0.601. The highest BCUT2D eigenvalue weighted by Gasteiger charge is 2.19. The first-order valence-corrected chi connectivity index (χ1v) is 17.8. The minimum Gasteiger partial charge on any atom is -0.456 e. The van der Waals surface area contributed by atoms with Gasteiger partial charge >= 0.3 is 0 Å². The van der Waals surface area contributed by atoms with Crippen LogP contribution in [0.2, 0.25) is 0 Å². The average molecular weight is 671 g/mol. The number of fused-ring (bicyclic) bond motifs is 9. The van der Waals surface area contributed by atoms with Crippen LogP contribution in [0.15, 0.2) is 162 Å². The number of nitrogens with zero attached hydrogens (tertiary/aromatic N) is 4. The molecule has 0 atom stereocenters. The molecule has 51 heavy (non-hydrogen) atoms. The van der Waals surface area contributed by atoms with Gasteiger partial charge in [-0.2, -0.15) is 0 Å². The summed E-state index contributed by atoms with van der Waals surface area (Å²) in [6.45, 7) is 0. The number of hydrogen-bond acceptors (Lipinski definition) is 5. The summed E-state index contributed by atoms with van der Waals surface area (Å²) in [7, 11) is 0. The third-order valence-corrected chi connectivity index (χ3v) is 11.0. The fraction of sp³-hybridized carbons (Fsp3) is 0. The van der Waals surface area contributed by atoms with Crippen LogP contribution in [0.5, 0.6) is 0 Å². The molecule has 0 N–H and O–H groups in total. The summed E-state index contributed by atoms with van der Waals surface area (Å²) in [5, 5.41) is 6.92. The molecule has 0 aliphatic heterocycles. The maximum Gasteiger partial charge on any atom is 0.164 e. The predicted molar refractivity (Wildman–Crippen MR) is 211 cm³/mol. The van der Waals surface area contributed by atoms with Gasteiger partial charge in [0.05, 0.1) is 11.0 Å². The predicted octanol–water partition coefficient (Wildman–Crippen LogP) is 12.2. The lowest BCUT2D eigenvalue weighted by atomic mass is 10.0. The Balaban J connectivity index is 1.12. The SMILES string of the molecule is c1ccc(-c2nc(-c3ccc4c(c3)oc3cc5c(cc34)c3ccccc3n5-c3ccccc3)nc(-c3cccc4sc5ccccc5c34)n2)cc1. The molecule has 0 saturated carbocycles. The second kappa shape index (κ2) is 10.9. The first kappa shape index (κ1) is 28.2. The second-order valence-corrected chi connectivity index (χ2v) is 13.9. The Labute approximate surface area is 295 Å². The van der Waals surface area contributed by atoms with Crippen LogP contribution in [0.1, 0.15) is 0 Å². The molecule has 5 nitrogen and oxygen atoms in total. The van der Waals surface area contributed by atoms with Gasteiger partial charge in [-0.15, -0.1) is 11.3 Å². The molecule has 11 rings (SSSR count). The van der Waals surface area contributed by atoms with E-state index in [4.69, 9.17) is 19.4 Å². The van der Waals surface area contributed by atoms with Crippen LogP contribution in [0.3, 0.4) is 0 Å². The van der Waals surface area contributed by atoms with Gasteiger partial charge in [0.2, 0.25) is 0 Å². The Hall–Kier alpha value is -6.63. The molecular weight excluding hydrogens is 645 g/mol. The topological polar surface area (TPSA) is 56.7 Å². The molecule has 0 saturated heterocycles. The van der Waals surface area contributed by atoms with Gasteiger partial charge in [-0.05, 0) is 48.5 Å². The quantitative estimate of drug-likeness (QED) is 0.187. The third kappa shape index (κ3) is 4.37. The zero-order valence-electron chi connectivity index (χ0n) is 27.1. The van der Waals surface area contributed by atoms with E-state index in [-0.39, 0.29) is 0 Å². The first-order valence-electron chi connectivity index (χ1n) is 16.9. The molecule has 0 bridgehead atoms. The Morgan fingerprint density at radius 1 is 0.431 bits per heavy atom. The molecule has 7 aromatic carbocycles. The van der Waals surface area contributed by atoms with Crippen molar-refractivity contribution in [2.45, 2.75) is 0 Å². The standard InChI is InChI=1S/C45H26N4OS/c1-3-12-27(13-4-1)43-46-44(48-45(47-43)33-18-11-21-41-42(33)32-17-8-10-20-40(32)51-41)28-22-23-31-35-25-34-30-16-7-9-19-36(30)49(29-14-5-2-6-15-29)37(34)26-39(35)50-38(31)24-28/h1-26H. The number of hydrogen-bond donors (Lipinski definition) is 0. The lowest BCUT2D eigenvalue weighted by Gasteiger charge is -2.09. The molecule has 6 heteroatoms. The maximum atomic E-state index is 6.65. The number of thiophene rings is 1. The summed E-state index contributed by atoms with van der Waals surface area (Å²) in [5.41, 5.74) is 7.83. The number of para-hydroxylation sites is 2. The molecule has 0 amide bonds. The van der Waals surface area contributed by atoms with Crippen molar-refractivity contribution in [3.63, 3.8) is 0 Å². The van der Waals surface area contributed by atoms with Crippen LogP contribution in [-0.4, -0.2) is 19.5 Å². The molecule has 0 radical (unpaired) electrons. The summed E-state index contributed by atoms with van der Waals surface area (Å²) in [6.07, 6.45) is 0. The van der Waals surface area contributed by atoms with Gasteiger partial charge in [-0.1, -0.05) is 103 Å². The molecule has 0 spiro atoms. The summed E-state index contributed by atoms with van der Waals surface area (Å²) in [4.78, 5) is 15.3. The summed E-state index contributed by atoms with van der Waals surface area (Å²) >= 11 is 1.79. The fourth-order valence-corrected chi connectivity index (χ4v) is 8.67. The monoisotopic (exact) mass is 670 g/mol. The van der Waals surface area contributed by atoms with Crippen molar-refractivity contribution in [1.82, 2.24) is 19.5 Å². The van der Waals surface area contributed by atoms with E-state index in [1.54, 1.807) is 11.3 Å². The number of furan rings is 1. The molecular formula is C45H26N4OS. The van der Waals surface area contributed by atoms with E-state index in [0.29, 0.717) is 17.5 Å². The van der Waals surface area contributed by atoms with E-state index >= 15 is 0 Å². The van der Waals surface area contributed by atoms with Crippen molar-refractivity contribution in [2.75, 3.05) is 0 Å². The van der Waals surface area contributed by atoms with Crippen molar-refractivity contribution in [2.24, 2.45) is 0 Å². The molecule has 0 aliphatic rings. The van der Waals surface area contributed by atoms with Crippen LogP contribution in [0, 0.1) is 0 Å². The Bertz CT molecular complexity index is 3140. The zero-order valence-corrected chi connectivity index (χ0v) is 27.9. The average Bonchev–Trinajstić information content (AvgIpc) is 3.86. The summed E-state index contributed by atoms with van der Waals surface area (Å²) in [6, 6.07) is 54.9. The highest BCUT2D eigenvalue weighted by molar-refractivity contribution is 7.25. The zero-order chi connectivity index (χ0) is 33.5. The minimum absolute atomic E-state index is 0.601. The van der Waals surface area contributed by atoms with E-state index < -0.39 is 0 Å². The largest absolute Gasteiger partial charge is 0.456 e. The van der Waals surface area contributed by atoms with Gasteiger partial charge in [0.25, 0.3) is 0 Å². The number of aromatic nitrogens is 4. The molecule has 0 unspecified atom stereocenters. The first-order chi connectivity index (χ1) is 25.3. The van der Waals surface area contributed by atoms with Crippen LogP contribution < -0.4 is 0 Å². The Morgan fingerprint density at radius 3 is 1.98 bits per heavy atom. The van der Waals surface area contributed by atoms with Crippen LogP contribution in [0.4, 0.5) is 0 Å². The lowest BCUT2D eigenvalue weighted by molar-refractivity contribution is 0.669. The van der Waals surface area contributed by atoms with Gasteiger partial charge < -0.3 is 8.98 Å². The van der Waals surface area contributed by atoms with Crippen molar-refractivity contribution in [1.29, 1.82) is 0 Å². The van der Waals surface area contributed by atoms with E-state index in [2.05, 4.69) is 132 Å². The maximum absolute atomic E-state index is 6.65. The molecule has 0 aliphatic carbocycles. The second-order valence-electron chi connectivity index (χ2n) is 12.8. The van der Waals surface area contributed by atoms with Crippen molar-refractivity contribution in [3.8, 4) is 39.9 Å². The van der Waals surface area contributed by atoms with Crippen molar-refractivity contribution in [3.05, 3.63) is 158 Å². The third-order valence-electron chi connectivity index (χ3n) is 9.85. The Kier molecular flexibility index (Phi) is 6.05. The van der Waals surface area contributed by atoms with Crippen LogP contribution >= 0.6 is 11.3 Å². The molecule has 0 fully saturated rings. The highest BCUT2D eigenvalue weighted by atomic mass is 32.1. The van der Waals surface area contributed by atoms with Crippen LogP contribution in [0.25, 0.3) is 104 Å². The lowest BCUT2D eigenvalue weighted by Crippen LogP contribution is -2.00. The van der Waals surface area contributed by atoms with E-state index in [0.717, 1.165) is 49.8 Å². The highest BCUT2D eigenvalue weighted by Crippen LogP contribution is 2.41. The van der Waals surface area contributed by atoms with Gasteiger partial charge in [-0.3, -0.25) is 0 Å². The van der Waals surface area contributed by atoms with E-state index in [1.807, 2.05) is 30.3 Å². The van der Waals surface area contributed by atoms with E-state index in [9.17, 15) is 0 Å². The van der Waals surface area contributed by atoms with Gasteiger partial charge in [-0.25, -0.2) is 15.0 Å². The number of rotatable bonds is 4.